The zero-order valence-corrected chi connectivity index (χ0v) is 7.79. The van der Waals surface area contributed by atoms with Gasteiger partial charge in [0.2, 0.25) is 5.78 Å². The Morgan fingerprint density at radius 3 is 3.00 bits per heavy atom. The highest BCUT2D eigenvalue weighted by Gasteiger charge is 2.09. The second kappa shape index (κ2) is 3.91. The zero-order chi connectivity index (χ0) is 10.7. The van der Waals surface area contributed by atoms with Gasteiger partial charge in [0.1, 0.15) is 0 Å². The first kappa shape index (κ1) is 9.39. The molecule has 0 bridgehead atoms. The molecule has 2 aromatic heterocycles. The lowest BCUT2D eigenvalue weighted by atomic mass is 10.3. The van der Waals surface area contributed by atoms with Crippen LogP contribution in [0.1, 0.15) is 10.6 Å². The molecular weight excluding hydrogens is 196 g/mol. The summed E-state index contributed by atoms with van der Waals surface area (Å²) in [5.41, 5.74) is -0.259. The van der Waals surface area contributed by atoms with E-state index in [1.165, 1.54) is 29.4 Å². The van der Waals surface area contributed by atoms with Crippen molar-refractivity contribution in [2.75, 3.05) is 0 Å². The maximum Gasteiger partial charge on any atom is 0.253 e. The SMILES string of the molecule is O=C(Cn1cnccc1=O)c1ccco1. The molecule has 76 valence electrons. The molecule has 0 unspecified atom stereocenters. The molecule has 2 rings (SSSR count). The molecule has 15 heavy (non-hydrogen) atoms. The van der Waals surface area contributed by atoms with Crippen LogP contribution in [0.5, 0.6) is 0 Å². The molecule has 0 atom stereocenters. The first-order valence-corrected chi connectivity index (χ1v) is 4.34. The lowest BCUT2D eigenvalue weighted by Crippen LogP contribution is -2.23. The number of hydrogen-bond donors (Lipinski definition) is 0. The first-order chi connectivity index (χ1) is 7.27. The fourth-order valence-electron chi connectivity index (χ4n) is 1.17. The minimum Gasteiger partial charge on any atom is -0.461 e. The van der Waals surface area contributed by atoms with Crippen LogP contribution in [0, 0.1) is 0 Å². The van der Waals surface area contributed by atoms with E-state index >= 15 is 0 Å². The number of hydrogen-bond acceptors (Lipinski definition) is 4. The van der Waals surface area contributed by atoms with E-state index in [0.717, 1.165) is 0 Å². The maximum atomic E-state index is 11.5. The lowest BCUT2D eigenvalue weighted by Gasteiger charge is -2.00. The number of carbonyl (C=O) groups excluding carboxylic acids is 1. The van der Waals surface area contributed by atoms with Crippen molar-refractivity contribution in [1.82, 2.24) is 9.55 Å². The van der Waals surface area contributed by atoms with Crippen molar-refractivity contribution in [3.8, 4) is 0 Å². The van der Waals surface area contributed by atoms with Crippen LogP contribution in [-0.2, 0) is 6.54 Å². The number of carbonyl (C=O) groups is 1. The standard InChI is InChI=1S/C10H8N2O3/c13-8(9-2-1-5-15-9)6-12-7-11-4-3-10(12)14/h1-5,7H,6H2. The Hall–Kier alpha value is -2.17. The summed E-state index contributed by atoms with van der Waals surface area (Å²) in [5, 5.41) is 0. The van der Waals surface area contributed by atoms with Crippen molar-refractivity contribution in [1.29, 1.82) is 0 Å². The van der Waals surface area contributed by atoms with Crippen molar-refractivity contribution in [3.05, 3.63) is 53.1 Å². The Balaban J connectivity index is 2.20. The van der Waals surface area contributed by atoms with Gasteiger partial charge in [-0.1, -0.05) is 0 Å². The van der Waals surface area contributed by atoms with E-state index in [0.29, 0.717) is 0 Å². The van der Waals surface area contributed by atoms with Crippen molar-refractivity contribution >= 4 is 5.78 Å². The zero-order valence-electron chi connectivity index (χ0n) is 7.79. The smallest absolute Gasteiger partial charge is 0.253 e. The molecule has 2 aromatic rings. The summed E-state index contributed by atoms with van der Waals surface area (Å²) in [6.45, 7) is -0.0554. The molecule has 0 aliphatic carbocycles. The number of aromatic nitrogens is 2. The van der Waals surface area contributed by atoms with Gasteiger partial charge in [-0.25, -0.2) is 4.98 Å². The number of nitrogens with zero attached hydrogens (tertiary/aromatic N) is 2. The maximum absolute atomic E-state index is 11.5. The topological polar surface area (TPSA) is 65.1 Å². The Bertz CT molecular complexity index is 513. The Morgan fingerprint density at radius 2 is 2.33 bits per heavy atom. The van der Waals surface area contributed by atoms with E-state index < -0.39 is 0 Å². The summed E-state index contributed by atoms with van der Waals surface area (Å²) in [7, 11) is 0. The van der Waals surface area contributed by atoms with Crippen LogP contribution in [0.2, 0.25) is 0 Å². The molecule has 5 nitrogen and oxygen atoms in total. The normalized spacial score (nSPS) is 10.1. The molecule has 5 heteroatoms. The van der Waals surface area contributed by atoms with E-state index in [-0.39, 0.29) is 23.6 Å². The van der Waals surface area contributed by atoms with Gasteiger partial charge >= 0.3 is 0 Å². The van der Waals surface area contributed by atoms with Crippen LogP contribution in [0.25, 0.3) is 0 Å². The molecule has 0 spiro atoms. The fourth-order valence-corrected chi connectivity index (χ4v) is 1.17. The second-order valence-corrected chi connectivity index (χ2v) is 2.95. The van der Waals surface area contributed by atoms with Gasteiger partial charge in [-0.15, -0.1) is 0 Å². The first-order valence-electron chi connectivity index (χ1n) is 4.34. The average Bonchev–Trinajstić information content (AvgIpc) is 2.74. The molecule has 0 aromatic carbocycles. The minimum absolute atomic E-state index is 0.0554. The number of ketones is 1. The van der Waals surface area contributed by atoms with E-state index in [2.05, 4.69) is 4.98 Å². The molecular formula is C10H8N2O3. The largest absolute Gasteiger partial charge is 0.461 e. The van der Waals surface area contributed by atoms with Crippen LogP contribution in [0.3, 0.4) is 0 Å². The minimum atomic E-state index is -0.259. The van der Waals surface area contributed by atoms with Gasteiger partial charge in [-0.05, 0) is 12.1 Å². The molecule has 0 aliphatic rings. The van der Waals surface area contributed by atoms with Crippen molar-refractivity contribution in [2.45, 2.75) is 6.54 Å². The Morgan fingerprint density at radius 1 is 1.47 bits per heavy atom. The number of furan rings is 1. The summed E-state index contributed by atoms with van der Waals surface area (Å²) in [6.07, 6.45) is 4.12. The monoisotopic (exact) mass is 204 g/mol. The van der Waals surface area contributed by atoms with Gasteiger partial charge in [-0.2, -0.15) is 0 Å². The van der Waals surface area contributed by atoms with Gasteiger partial charge in [0.05, 0.1) is 19.1 Å². The highest BCUT2D eigenvalue weighted by molar-refractivity contribution is 5.93. The predicted octanol–water partition coefficient (Wildman–Crippen LogP) is 0.719. The third kappa shape index (κ3) is 2.01. The molecule has 0 amide bonds. The van der Waals surface area contributed by atoms with Gasteiger partial charge in [0.25, 0.3) is 5.56 Å². The third-order valence-corrected chi connectivity index (χ3v) is 1.90. The summed E-state index contributed by atoms with van der Waals surface area (Å²) in [4.78, 5) is 26.6. The van der Waals surface area contributed by atoms with Crippen molar-refractivity contribution in [3.63, 3.8) is 0 Å². The molecule has 0 aliphatic heterocycles. The van der Waals surface area contributed by atoms with E-state index in [9.17, 15) is 9.59 Å². The van der Waals surface area contributed by atoms with Crippen molar-refractivity contribution < 1.29 is 9.21 Å². The predicted molar refractivity (Wildman–Crippen MR) is 51.5 cm³/mol. The van der Waals surface area contributed by atoms with Crippen LogP contribution in [0.15, 0.2) is 46.2 Å². The Labute approximate surface area is 85.0 Å². The van der Waals surface area contributed by atoms with Crippen LogP contribution in [-0.4, -0.2) is 15.3 Å². The van der Waals surface area contributed by atoms with Gasteiger partial charge in [-0.3, -0.25) is 14.2 Å². The third-order valence-electron chi connectivity index (χ3n) is 1.90. The highest BCUT2D eigenvalue weighted by Crippen LogP contribution is 2.01. The molecule has 0 fully saturated rings. The number of rotatable bonds is 3. The summed E-state index contributed by atoms with van der Waals surface area (Å²) in [5.74, 6) is -0.0131. The van der Waals surface area contributed by atoms with Crippen LogP contribution in [0.4, 0.5) is 0 Å². The quantitative estimate of drug-likeness (QED) is 0.691. The van der Waals surface area contributed by atoms with Gasteiger partial charge in [0, 0.05) is 12.3 Å². The molecule has 0 N–H and O–H groups in total. The molecule has 2 heterocycles. The molecule has 0 radical (unpaired) electrons. The number of Topliss-reactive ketones (excluding diaryl/α,β-unsaturated/α-hetero) is 1. The van der Waals surface area contributed by atoms with E-state index in [4.69, 9.17) is 4.42 Å². The van der Waals surface area contributed by atoms with Gasteiger partial charge in [0.15, 0.2) is 5.76 Å². The highest BCUT2D eigenvalue weighted by atomic mass is 16.3. The van der Waals surface area contributed by atoms with E-state index in [1.807, 2.05) is 0 Å². The lowest BCUT2D eigenvalue weighted by molar-refractivity contribution is 0.0943. The van der Waals surface area contributed by atoms with Crippen molar-refractivity contribution in [2.24, 2.45) is 0 Å². The molecule has 0 saturated carbocycles. The summed E-state index contributed by atoms with van der Waals surface area (Å²) < 4.78 is 6.15. The van der Waals surface area contributed by atoms with Crippen LogP contribution < -0.4 is 5.56 Å². The van der Waals surface area contributed by atoms with Crippen LogP contribution >= 0.6 is 0 Å². The summed E-state index contributed by atoms with van der Waals surface area (Å²) in [6, 6.07) is 4.48. The molecule has 0 saturated heterocycles. The Kier molecular flexibility index (Phi) is 2.45. The van der Waals surface area contributed by atoms with Gasteiger partial charge < -0.3 is 4.42 Å². The fraction of sp³-hybridized carbons (Fsp3) is 0.100. The second-order valence-electron chi connectivity index (χ2n) is 2.95. The average molecular weight is 204 g/mol. The summed E-state index contributed by atoms with van der Waals surface area (Å²) >= 11 is 0. The van der Waals surface area contributed by atoms with E-state index in [1.54, 1.807) is 12.1 Å².